The van der Waals surface area contributed by atoms with Crippen molar-refractivity contribution in [3.8, 4) is 11.5 Å². The van der Waals surface area contributed by atoms with Crippen LogP contribution in [0.25, 0.3) is 0 Å². The third kappa shape index (κ3) is 2.51. The molecular weight excluding hydrogens is 250 g/mol. The maximum atomic E-state index is 6.41. The van der Waals surface area contributed by atoms with Crippen LogP contribution in [0.3, 0.4) is 0 Å². The normalized spacial score (nSPS) is 23.4. The molecule has 1 aromatic carbocycles. The Morgan fingerprint density at radius 3 is 2.85 bits per heavy atom. The fraction of sp³-hybridized carbons (Fsp3) is 0.647. The molecule has 0 aromatic heterocycles. The van der Waals surface area contributed by atoms with Gasteiger partial charge in [0, 0.05) is 24.1 Å². The van der Waals surface area contributed by atoms with Gasteiger partial charge in [-0.05, 0) is 45.2 Å². The predicted molar refractivity (Wildman–Crippen MR) is 80.5 cm³/mol. The minimum Gasteiger partial charge on any atom is -0.493 e. The summed E-state index contributed by atoms with van der Waals surface area (Å²) in [7, 11) is 2.05. The summed E-state index contributed by atoms with van der Waals surface area (Å²) in [6.45, 7) is 2.89. The molecule has 1 N–H and O–H groups in total. The molecule has 1 spiro atoms. The van der Waals surface area contributed by atoms with Gasteiger partial charge in [-0.3, -0.25) is 0 Å². The molecule has 110 valence electrons. The zero-order valence-corrected chi connectivity index (χ0v) is 12.6. The van der Waals surface area contributed by atoms with Crippen LogP contribution in [0.5, 0.6) is 11.5 Å². The molecule has 3 heteroatoms. The van der Waals surface area contributed by atoms with Gasteiger partial charge < -0.3 is 14.8 Å². The lowest BCUT2D eigenvalue weighted by Crippen LogP contribution is -2.41. The van der Waals surface area contributed by atoms with Crippen LogP contribution < -0.4 is 14.8 Å². The summed E-state index contributed by atoms with van der Waals surface area (Å²) < 4.78 is 12.2. The van der Waals surface area contributed by atoms with E-state index in [0.717, 1.165) is 30.9 Å². The van der Waals surface area contributed by atoms with E-state index in [9.17, 15) is 0 Å². The predicted octanol–water partition coefficient (Wildman–Crippen LogP) is 3.83. The van der Waals surface area contributed by atoms with Crippen molar-refractivity contribution >= 4 is 0 Å². The van der Waals surface area contributed by atoms with Gasteiger partial charge in [-0.15, -0.1) is 0 Å². The highest BCUT2D eigenvalue weighted by atomic mass is 16.5. The highest BCUT2D eigenvalue weighted by Crippen LogP contribution is 2.47. The van der Waals surface area contributed by atoms with Crippen molar-refractivity contribution in [3.05, 3.63) is 23.8 Å². The molecule has 1 saturated carbocycles. The number of hydrogen-bond donors (Lipinski definition) is 1. The molecule has 3 rings (SSSR count). The lowest BCUT2D eigenvalue weighted by Gasteiger charge is -2.40. The molecule has 1 fully saturated rings. The first-order valence-corrected chi connectivity index (χ1v) is 7.89. The average Bonchev–Trinajstić information content (AvgIpc) is 2.91. The van der Waals surface area contributed by atoms with Crippen molar-refractivity contribution in [2.24, 2.45) is 0 Å². The quantitative estimate of drug-likeness (QED) is 0.906. The van der Waals surface area contributed by atoms with Crippen molar-refractivity contribution < 1.29 is 9.47 Å². The molecule has 0 saturated heterocycles. The lowest BCUT2D eigenvalue weighted by molar-refractivity contribution is 0.0376. The number of ether oxygens (including phenoxy) is 2. The Morgan fingerprint density at radius 2 is 2.15 bits per heavy atom. The minimum absolute atomic E-state index is 0.0596. The van der Waals surface area contributed by atoms with E-state index in [2.05, 4.69) is 30.4 Å². The van der Waals surface area contributed by atoms with Crippen LogP contribution in [0, 0.1) is 0 Å². The Hall–Kier alpha value is -1.22. The van der Waals surface area contributed by atoms with Gasteiger partial charge in [0.15, 0.2) is 0 Å². The Kier molecular flexibility index (Phi) is 3.88. The van der Waals surface area contributed by atoms with Crippen LogP contribution in [-0.4, -0.2) is 19.3 Å². The molecule has 1 aliphatic carbocycles. The van der Waals surface area contributed by atoms with E-state index in [1.54, 1.807) is 0 Å². The summed E-state index contributed by atoms with van der Waals surface area (Å²) in [4.78, 5) is 0. The van der Waals surface area contributed by atoms with E-state index in [1.807, 2.05) is 7.05 Å². The van der Waals surface area contributed by atoms with Crippen molar-refractivity contribution in [2.45, 2.75) is 57.1 Å². The zero-order chi connectivity index (χ0) is 14.0. The van der Waals surface area contributed by atoms with E-state index in [0.29, 0.717) is 6.04 Å². The van der Waals surface area contributed by atoms with Crippen LogP contribution in [0.2, 0.25) is 0 Å². The zero-order valence-electron chi connectivity index (χ0n) is 12.6. The van der Waals surface area contributed by atoms with Gasteiger partial charge in [-0.1, -0.05) is 13.0 Å². The molecular formula is C17H25NO2. The van der Waals surface area contributed by atoms with Gasteiger partial charge in [-0.25, -0.2) is 0 Å². The third-order valence-electron chi connectivity index (χ3n) is 4.60. The third-order valence-corrected chi connectivity index (χ3v) is 4.60. The molecule has 0 bridgehead atoms. The SMILES string of the molecule is CCCOc1ccc2c(c1)OC1(CCCC1)CC2NC. The number of benzene rings is 1. The number of fused-ring (bicyclic) bond motifs is 1. The molecule has 0 radical (unpaired) electrons. The summed E-state index contributed by atoms with van der Waals surface area (Å²) in [6.07, 6.45) is 7.07. The fourth-order valence-electron chi connectivity index (χ4n) is 3.54. The van der Waals surface area contributed by atoms with E-state index >= 15 is 0 Å². The van der Waals surface area contributed by atoms with Crippen LogP contribution in [0.1, 0.15) is 57.1 Å². The summed E-state index contributed by atoms with van der Waals surface area (Å²) in [5.41, 5.74) is 1.33. The minimum atomic E-state index is 0.0596. The van der Waals surface area contributed by atoms with E-state index in [-0.39, 0.29) is 5.60 Å². The highest BCUT2D eigenvalue weighted by Gasteiger charge is 2.42. The molecule has 2 aliphatic rings. The van der Waals surface area contributed by atoms with Gasteiger partial charge in [0.2, 0.25) is 0 Å². The van der Waals surface area contributed by atoms with Crippen molar-refractivity contribution in [2.75, 3.05) is 13.7 Å². The molecule has 20 heavy (non-hydrogen) atoms. The van der Waals surface area contributed by atoms with Crippen LogP contribution >= 0.6 is 0 Å². The Balaban J connectivity index is 1.88. The molecule has 1 unspecified atom stereocenters. The van der Waals surface area contributed by atoms with Crippen molar-refractivity contribution in [3.63, 3.8) is 0 Å². The molecule has 1 atom stereocenters. The summed E-state index contributed by atoms with van der Waals surface area (Å²) in [5.74, 6) is 1.95. The van der Waals surface area contributed by atoms with Gasteiger partial charge in [0.1, 0.15) is 17.1 Å². The Morgan fingerprint density at radius 1 is 1.35 bits per heavy atom. The molecule has 3 nitrogen and oxygen atoms in total. The van der Waals surface area contributed by atoms with Gasteiger partial charge in [0.05, 0.1) is 6.61 Å². The topological polar surface area (TPSA) is 30.5 Å². The standard InChI is InChI=1S/C17H25NO2/c1-3-10-19-13-6-7-14-15(18-2)12-17(8-4-5-9-17)20-16(14)11-13/h6-7,11,15,18H,3-5,8-10,12H2,1-2H3. The second-order valence-corrected chi connectivity index (χ2v) is 6.09. The maximum Gasteiger partial charge on any atom is 0.128 e. The lowest BCUT2D eigenvalue weighted by atomic mass is 9.86. The molecule has 1 heterocycles. The van der Waals surface area contributed by atoms with Gasteiger partial charge in [0.25, 0.3) is 0 Å². The first-order valence-electron chi connectivity index (χ1n) is 7.89. The summed E-state index contributed by atoms with van der Waals surface area (Å²) in [5, 5.41) is 3.45. The summed E-state index contributed by atoms with van der Waals surface area (Å²) >= 11 is 0. The second kappa shape index (κ2) is 5.65. The van der Waals surface area contributed by atoms with Gasteiger partial charge in [-0.2, -0.15) is 0 Å². The van der Waals surface area contributed by atoms with E-state index in [1.165, 1.54) is 31.2 Å². The van der Waals surface area contributed by atoms with Crippen LogP contribution in [0.4, 0.5) is 0 Å². The van der Waals surface area contributed by atoms with Gasteiger partial charge >= 0.3 is 0 Å². The van der Waals surface area contributed by atoms with Crippen molar-refractivity contribution in [1.29, 1.82) is 0 Å². The Bertz CT molecular complexity index is 466. The van der Waals surface area contributed by atoms with E-state index in [4.69, 9.17) is 9.47 Å². The van der Waals surface area contributed by atoms with Crippen LogP contribution in [-0.2, 0) is 0 Å². The monoisotopic (exact) mass is 275 g/mol. The largest absolute Gasteiger partial charge is 0.493 e. The number of nitrogens with one attached hydrogen (secondary N) is 1. The first kappa shape index (κ1) is 13.7. The summed E-state index contributed by atoms with van der Waals surface area (Å²) in [6, 6.07) is 6.70. The number of rotatable bonds is 4. The maximum absolute atomic E-state index is 6.41. The molecule has 1 aliphatic heterocycles. The average molecular weight is 275 g/mol. The number of hydrogen-bond acceptors (Lipinski definition) is 3. The molecule has 1 aromatic rings. The van der Waals surface area contributed by atoms with Crippen molar-refractivity contribution in [1.82, 2.24) is 5.32 Å². The molecule has 0 amide bonds. The highest BCUT2D eigenvalue weighted by molar-refractivity contribution is 5.44. The second-order valence-electron chi connectivity index (χ2n) is 6.09. The smallest absolute Gasteiger partial charge is 0.128 e. The first-order chi connectivity index (χ1) is 9.76. The Labute approximate surface area is 121 Å². The van der Waals surface area contributed by atoms with E-state index < -0.39 is 0 Å². The fourth-order valence-corrected chi connectivity index (χ4v) is 3.54. The van der Waals surface area contributed by atoms with Crippen LogP contribution in [0.15, 0.2) is 18.2 Å².